The van der Waals surface area contributed by atoms with Gasteiger partial charge in [-0.1, -0.05) is 41.9 Å². The lowest BCUT2D eigenvalue weighted by Gasteiger charge is -2.24. The lowest BCUT2D eigenvalue weighted by atomic mass is 10.1. The molecule has 0 fully saturated rings. The Hall–Kier alpha value is -2.96. The number of likely N-dealkylation sites (N-methyl/N-ethyl adjacent to an activating group) is 1. The molecule has 0 spiro atoms. The van der Waals surface area contributed by atoms with E-state index in [4.69, 9.17) is 11.6 Å². The molecule has 7 heteroatoms. The summed E-state index contributed by atoms with van der Waals surface area (Å²) in [7, 11) is 1.76. The van der Waals surface area contributed by atoms with E-state index in [1.165, 1.54) is 24.3 Å². The van der Waals surface area contributed by atoms with Crippen LogP contribution in [0.1, 0.15) is 31.1 Å². The molecule has 3 rings (SSSR count). The Bertz CT molecular complexity index is 1050. The normalized spacial score (nSPS) is 12.0. The summed E-state index contributed by atoms with van der Waals surface area (Å²) in [5.74, 6) is -0.267. The Balaban J connectivity index is 1.72. The Morgan fingerprint density at radius 2 is 1.77 bits per heavy atom. The predicted octanol–water partition coefficient (Wildman–Crippen LogP) is 5.71. The zero-order valence-corrected chi connectivity index (χ0v) is 18.5. The molecule has 0 saturated carbocycles. The maximum Gasteiger partial charge on any atom is 0.246 e. The zero-order valence-electron chi connectivity index (χ0n) is 16.9. The van der Waals surface area contributed by atoms with Crippen molar-refractivity contribution in [3.63, 3.8) is 0 Å². The molecule has 3 aromatic rings. The molecule has 1 unspecified atom stereocenters. The number of hydrogen-bond donors (Lipinski definition) is 0. The first kappa shape index (κ1) is 21.7. The fourth-order valence-electron chi connectivity index (χ4n) is 2.89. The van der Waals surface area contributed by atoms with Gasteiger partial charge in [-0.15, -0.1) is 11.3 Å². The highest BCUT2D eigenvalue weighted by molar-refractivity contribution is 7.14. The minimum absolute atomic E-state index is 0.100. The van der Waals surface area contributed by atoms with Gasteiger partial charge in [-0.2, -0.15) is 0 Å². The SMILES string of the molecule is CC(=O)N(c1ccccc1)c1nc(/C=C/C(=O)N(C)C(C)c2ccc(Cl)cc2)cs1. The molecule has 0 aliphatic carbocycles. The van der Waals surface area contributed by atoms with E-state index in [2.05, 4.69) is 4.98 Å². The van der Waals surface area contributed by atoms with Crippen LogP contribution in [0.25, 0.3) is 6.08 Å². The van der Waals surface area contributed by atoms with Crippen molar-refractivity contribution in [1.29, 1.82) is 0 Å². The van der Waals surface area contributed by atoms with Crippen molar-refractivity contribution in [2.75, 3.05) is 11.9 Å². The summed E-state index contributed by atoms with van der Waals surface area (Å²) in [6, 6.07) is 16.7. The fourth-order valence-corrected chi connectivity index (χ4v) is 3.87. The molecule has 30 heavy (non-hydrogen) atoms. The summed E-state index contributed by atoms with van der Waals surface area (Å²) in [6.07, 6.45) is 3.16. The molecule has 154 valence electrons. The number of carbonyl (C=O) groups excluding carboxylic acids is 2. The molecular formula is C23H22ClN3O2S. The molecule has 0 aliphatic rings. The third-order valence-electron chi connectivity index (χ3n) is 4.71. The van der Waals surface area contributed by atoms with E-state index in [-0.39, 0.29) is 17.9 Å². The molecule has 1 atom stereocenters. The monoisotopic (exact) mass is 439 g/mol. The molecule has 1 heterocycles. The molecule has 0 saturated heterocycles. The highest BCUT2D eigenvalue weighted by Crippen LogP contribution is 2.29. The van der Waals surface area contributed by atoms with E-state index in [9.17, 15) is 9.59 Å². The van der Waals surface area contributed by atoms with Crippen LogP contribution < -0.4 is 4.90 Å². The topological polar surface area (TPSA) is 53.5 Å². The Kier molecular flexibility index (Phi) is 7.03. The molecule has 0 aliphatic heterocycles. The number of halogens is 1. The van der Waals surface area contributed by atoms with Crippen molar-refractivity contribution < 1.29 is 9.59 Å². The quantitative estimate of drug-likeness (QED) is 0.462. The van der Waals surface area contributed by atoms with Gasteiger partial charge in [0.2, 0.25) is 11.8 Å². The second-order valence-corrected chi connectivity index (χ2v) is 8.03. The number of thiazole rings is 1. The van der Waals surface area contributed by atoms with Gasteiger partial charge in [0.25, 0.3) is 0 Å². The predicted molar refractivity (Wildman–Crippen MR) is 123 cm³/mol. The first-order valence-corrected chi connectivity index (χ1v) is 10.6. The Morgan fingerprint density at radius 3 is 2.40 bits per heavy atom. The number of rotatable bonds is 6. The van der Waals surface area contributed by atoms with Gasteiger partial charge in [-0.3, -0.25) is 14.5 Å². The molecule has 2 aromatic carbocycles. The van der Waals surface area contributed by atoms with Gasteiger partial charge in [-0.25, -0.2) is 4.98 Å². The van der Waals surface area contributed by atoms with E-state index in [1.807, 2.05) is 66.9 Å². The molecule has 0 radical (unpaired) electrons. The average molecular weight is 440 g/mol. The molecule has 1 aromatic heterocycles. The van der Waals surface area contributed by atoms with Crippen LogP contribution in [0.4, 0.5) is 10.8 Å². The van der Waals surface area contributed by atoms with Crippen molar-refractivity contribution in [2.45, 2.75) is 19.9 Å². The summed E-state index contributed by atoms with van der Waals surface area (Å²) < 4.78 is 0. The maximum atomic E-state index is 12.6. The summed E-state index contributed by atoms with van der Waals surface area (Å²) in [4.78, 5) is 32.4. The van der Waals surface area contributed by atoms with E-state index in [0.29, 0.717) is 15.8 Å². The third kappa shape index (κ3) is 5.14. The third-order valence-corrected chi connectivity index (χ3v) is 5.80. The van der Waals surface area contributed by atoms with Crippen LogP contribution >= 0.6 is 22.9 Å². The number of amides is 2. The zero-order chi connectivity index (χ0) is 21.7. The van der Waals surface area contributed by atoms with Crippen molar-refractivity contribution in [2.24, 2.45) is 0 Å². The van der Waals surface area contributed by atoms with Gasteiger partial charge in [0.1, 0.15) is 0 Å². The number of hydrogen-bond acceptors (Lipinski definition) is 4. The van der Waals surface area contributed by atoms with Crippen molar-refractivity contribution in [3.8, 4) is 0 Å². The first-order chi connectivity index (χ1) is 14.4. The van der Waals surface area contributed by atoms with E-state index in [1.54, 1.807) is 22.9 Å². The molecule has 0 bridgehead atoms. The largest absolute Gasteiger partial charge is 0.335 e. The summed E-state index contributed by atoms with van der Waals surface area (Å²) >= 11 is 7.29. The molecule has 5 nitrogen and oxygen atoms in total. The number of benzene rings is 2. The van der Waals surface area contributed by atoms with Gasteiger partial charge < -0.3 is 4.90 Å². The smallest absolute Gasteiger partial charge is 0.246 e. The number of nitrogens with zero attached hydrogens (tertiary/aromatic N) is 3. The number of carbonyl (C=O) groups is 2. The second kappa shape index (κ2) is 9.69. The van der Waals surface area contributed by atoms with Crippen LogP contribution in [0.3, 0.4) is 0 Å². The van der Waals surface area contributed by atoms with Crippen LogP contribution in [0, 0.1) is 0 Å². The highest BCUT2D eigenvalue weighted by atomic mass is 35.5. The lowest BCUT2D eigenvalue weighted by Crippen LogP contribution is -2.27. The number of anilines is 2. The van der Waals surface area contributed by atoms with E-state index < -0.39 is 0 Å². The number of aromatic nitrogens is 1. The fraction of sp³-hybridized carbons (Fsp3) is 0.174. The van der Waals surface area contributed by atoms with Crippen molar-refractivity contribution in [3.05, 3.63) is 82.3 Å². The van der Waals surface area contributed by atoms with Crippen LogP contribution in [0.15, 0.2) is 66.1 Å². The Labute approximate surface area is 185 Å². The number of para-hydroxylation sites is 1. The van der Waals surface area contributed by atoms with Crippen molar-refractivity contribution in [1.82, 2.24) is 9.88 Å². The summed E-state index contributed by atoms with van der Waals surface area (Å²) in [5, 5.41) is 3.04. The Morgan fingerprint density at radius 1 is 1.10 bits per heavy atom. The molecular weight excluding hydrogens is 418 g/mol. The van der Waals surface area contributed by atoms with Crippen molar-refractivity contribution >= 4 is 51.6 Å². The molecule has 2 amide bonds. The highest BCUT2D eigenvalue weighted by Gasteiger charge is 2.18. The van der Waals surface area contributed by atoms with Crippen LogP contribution in [0.5, 0.6) is 0 Å². The minimum atomic E-state index is -0.140. The second-order valence-electron chi connectivity index (χ2n) is 6.75. The summed E-state index contributed by atoms with van der Waals surface area (Å²) in [6.45, 7) is 3.46. The van der Waals surface area contributed by atoms with Gasteiger partial charge >= 0.3 is 0 Å². The van der Waals surface area contributed by atoms with Crippen LogP contribution in [-0.4, -0.2) is 28.7 Å². The van der Waals surface area contributed by atoms with Gasteiger partial charge in [0, 0.05) is 30.5 Å². The minimum Gasteiger partial charge on any atom is -0.335 e. The van der Waals surface area contributed by atoms with Crippen LogP contribution in [-0.2, 0) is 9.59 Å². The molecule has 0 N–H and O–H groups in total. The summed E-state index contributed by atoms with van der Waals surface area (Å²) in [5.41, 5.74) is 2.38. The van der Waals surface area contributed by atoms with Gasteiger partial charge in [0.05, 0.1) is 17.4 Å². The average Bonchev–Trinajstić information content (AvgIpc) is 3.20. The standard InChI is InChI=1S/C23H22ClN3O2S/c1-16(18-9-11-19(24)12-10-18)26(3)22(29)14-13-20-15-30-23(25-20)27(17(2)28)21-7-5-4-6-8-21/h4-16H,1-3H3/b14-13+. The van der Waals surface area contributed by atoms with E-state index in [0.717, 1.165) is 11.3 Å². The van der Waals surface area contributed by atoms with Gasteiger partial charge in [0.15, 0.2) is 5.13 Å². The van der Waals surface area contributed by atoms with Gasteiger partial charge in [-0.05, 0) is 42.8 Å². The van der Waals surface area contributed by atoms with E-state index >= 15 is 0 Å². The maximum absolute atomic E-state index is 12.6. The first-order valence-electron chi connectivity index (χ1n) is 9.38. The lowest BCUT2D eigenvalue weighted by molar-refractivity contribution is -0.126. The van der Waals surface area contributed by atoms with Crippen LogP contribution in [0.2, 0.25) is 5.02 Å².